The molecule has 3 heteroatoms. The SMILES string of the molecule is CCCC(CC)NC(C)c1nc2ccccc2s1. The summed E-state index contributed by atoms with van der Waals surface area (Å²) in [5, 5.41) is 4.89. The molecule has 1 heterocycles. The fraction of sp³-hybridized carbons (Fsp3) is 0.533. The standard InChI is InChI=1S/C15H22N2S/c1-4-8-12(5-2)16-11(3)15-17-13-9-6-7-10-14(13)18-15/h6-7,9-12,16H,4-5,8H2,1-3H3. The number of hydrogen-bond acceptors (Lipinski definition) is 3. The second-order valence-corrected chi connectivity index (χ2v) is 5.86. The zero-order chi connectivity index (χ0) is 13.0. The molecule has 0 bridgehead atoms. The van der Waals surface area contributed by atoms with Gasteiger partial charge in [-0.2, -0.15) is 0 Å². The number of nitrogens with zero attached hydrogens (tertiary/aromatic N) is 1. The van der Waals surface area contributed by atoms with E-state index in [1.54, 1.807) is 11.3 Å². The van der Waals surface area contributed by atoms with Crippen LogP contribution in [0.15, 0.2) is 24.3 Å². The van der Waals surface area contributed by atoms with Crippen molar-refractivity contribution in [1.29, 1.82) is 0 Å². The molecule has 98 valence electrons. The van der Waals surface area contributed by atoms with Crippen molar-refractivity contribution >= 4 is 21.6 Å². The van der Waals surface area contributed by atoms with Gasteiger partial charge in [-0.05, 0) is 31.9 Å². The first kappa shape index (κ1) is 13.5. The minimum atomic E-state index is 0.346. The Labute approximate surface area is 113 Å². The topological polar surface area (TPSA) is 24.9 Å². The molecule has 1 aromatic heterocycles. The Bertz CT molecular complexity index is 459. The number of benzene rings is 1. The highest BCUT2D eigenvalue weighted by molar-refractivity contribution is 7.18. The molecule has 0 spiro atoms. The maximum atomic E-state index is 4.72. The van der Waals surface area contributed by atoms with E-state index in [-0.39, 0.29) is 0 Å². The zero-order valence-electron chi connectivity index (χ0n) is 11.4. The fourth-order valence-electron chi connectivity index (χ4n) is 2.25. The minimum absolute atomic E-state index is 0.346. The smallest absolute Gasteiger partial charge is 0.111 e. The Morgan fingerprint density at radius 1 is 1.28 bits per heavy atom. The fourth-order valence-corrected chi connectivity index (χ4v) is 3.23. The summed E-state index contributed by atoms with van der Waals surface area (Å²) in [6, 6.07) is 9.32. The summed E-state index contributed by atoms with van der Waals surface area (Å²) in [5.41, 5.74) is 1.12. The van der Waals surface area contributed by atoms with Gasteiger partial charge in [-0.25, -0.2) is 4.98 Å². The highest BCUT2D eigenvalue weighted by Crippen LogP contribution is 2.26. The quantitative estimate of drug-likeness (QED) is 0.827. The summed E-state index contributed by atoms with van der Waals surface area (Å²) in [7, 11) is 0. The highest BCUT2D eigenvalue weighted by atomic mass is 32.1. The van der Waals surface area contributed by atoms with E-state index in [2.05, 4.69) is 50.4 Å². The molecule has 0 aliphatic carbocycles. The average Bonchev–Trinajstić information content (AvgIpc) is 2.82. The highest BCUT2D eigenvalue weighted by Gasteiger charge is 2.14. The van der Waals surface area contributed by atoms with Gasteiger partial charge >= 0.3 is 0 Å². The molecule has 0 aliphatic heterocycles. The summed E-state index contributed by atoms with van der Waals surface area (Å²) < 4.78 is 1.28. The molecule has 0 amide bonds. The van der Waals surface area contributed by atoms with Gasteiger partial charge in [0.25, 0.3) is 0 Å². The van der Waals surface area contributed by atoms with Crippen molar-refractivity contribution in [2.45, 2.75) is 52.1 Å². The van der Waals surface area contributed by atoms with E-state index in [4.69, 9.17) is 4.98 Å². The van der Waals surface area contributed by atoms with Gasteiger partial charge < -0.3 is 5.32 Å². The summed E-state index contributed by atoms with van der Waals surface area (Å²) >= 11 is 1.80. The molecule has 2 unspecified atom stereocenters. The van der Waals surface area contributed by atoms with Gasteiger partial charge in [0.05, 0.1) is 16.3 Å². The van der Waals surface area contributed by atoms with E-state index >= 15 is 0 Å². The first-order chi connectivity index (χ1) is 8.74. The van der Waals surface area contributed by atoms with Crippen LogP contribution in [0.1, 0.15) is 51.1 Å². The molecule has 2 atom stereocenters. The van der Waals surface area contributed by atoms with Gasteiger partial charge in [-0.3, -0.25) is 0 Å². The maximum absolute atomic E-state index is 4.72. The van der Waals surface area contributed by atoms with Crippen LogP contribution in [0.3, 0.4) is 0 Å². The molecule has 1 N–H and O–H groups in total. The third-order valence-electron chi connectivity index (χ3n) is 3.30. The third-order valence-corrected chi connectivity index (χ3v) is 4.52. The van der Waals surface area contributed by atoms with Gasteiger partial charge in [-0.1, -0.05) is 32.4 Å². The van der Waals surface area contributed by atoms with Gasteiger partial charge in [0.1, 0.15) is 5.01 Å². The Morgan fingerprint density at radius 2 is 2.06 bits per heavy atom. The molecule has 0 aliphatic rings. The average molecular weight is 262 g/mol. The molecule has 0 radical (unpaired) electrons. The Hall–Kier alpha value is -0.930. The number of aromatic nitrogens is 1. The van der Waals surface area contributed by atoms with Crippen LogP contribution in [0.4, 0.5) is 0 Å². The van der Waals surface area contributed by atoms with Crippen molar-refractivity contribution in [3.8, 4) is 0 Å². The van der Waals surface area contributed by atoms with E-state index < -0.39 is 0 Å². The van der Waals surface area contributed by atoms with Crippen LogP contribution in [0, 0.1) is 0 Å². The van der Waals surface area contributed by atoms with Crippen LogP contribution in [0.25, 0.3) is 10.2 Å². The summed E-state index contributed by atoms with van der Waals surface area (Å²) in [5.74, 6) is 0. The molecular weight excluding hydrogens is 240 g/mol. The molecule has 2 aromatic rings. The van der Waals surface area contributed by atoms with E-state index in [0.29, 0.717) is 12.1 Å². The maximum Gasteiger partial charge on any atom is 0.111 e. The first-order valence-electron chi connectivity index (χ1n) is 6.86. The third kappa shape index (κ3) is 3.09. The summed E-state index contributed by atoms with van der Waals surface area (Å²) in [6.45, 7) is 6.71. The largest absolute Gasteiger partial charge is 0.305 e. The van der Waals surface area contributed by atoms with Crippen molar-refractivity contribution in [1.82, 2.24) is 10.3 Å². The van der Waals surface area contributed by atoms with Crippen LogP contribution >= 0.6 is 11.3 Å². The number of fused-ring (bicyclic) bond motifs is 1. The number of rotatable bonds is 6. The Balaban J connectivity index is 2.10. The van der Waals surface area contributed by atoms with Crippen LogP contribution in [0.5, 0.6) is 0 Å². The van der Waals surface area contributed by atoms with Gasteiger partial charge in [0.2, 0.25) is 0 Å². The van der Waals surface area contributed by atoms with Crippen LogP contribution in [-0.2, 0) is 0 Å². The van der Waals surface area contributed by atoms with Crippen molar-refractivity contribution in [2.24, 2.45) is 0 Å². The molecule has 0 saturated carbocycles. The minimum Gasteiger partial charge on any atom is -0.305 e. The predicted octanol–water partition coefficient (Wildman–Crippen LogP) is 4.53. The van der Waals surface area contributed by atoms with E-state index in [0.717, 1.165) is 5.52 Å². The first-order valence-corrected chi connectivity index (χ1v) is 7.67. The molecule has 0 saturated heterocycles. The van der Waals surface area contributed by atoms with E-state index in [9.17, 15) is 0 Å². The zero-order valence-corrected chi connectivity index (χ0v) is 12.3. The normalized spacial score (nSPS) is 14.8. The number of para-hydroxylation sites is 1. The lowest BCUT2D eigenvalue weighted by atomic mass is 10.1. The number of hydrogen-bond donors (Lipinski definition) is 1. The van der Waals surface area contributed by atoms with E-state index in [1.807, 2.05) is 0 Å². The lowest BCUT2D eigenvalue weighted by Crippen LogP contribution is -2.30. The molecule has 2 nitrogen and oxygen atoms in total. The van der Waals surface area contributed by atoms with Crippen LogP contribution < -0.4 is 5.32 Å². The second-order valence-electron chi connectivity index (χ2n) is 4.80. The van der Waals surface area contributed by atoms with Crippen molar-refractivity contribution in [3.63, 3.8) is 0 Å². The lowest BCUT2D eigenvalue weighted by Gasteiger charge is -2.20. The van der Waals surface area contributed by atoms with Gasteiger partial charge in [0.15, 0.2) is 0 Å². The Morgan fingerprint density at radius 3 is 2.72 bits per heavy atom. The van der Waals surface area contributed by atoms with Crippen molar-refractivity contribution in [3.05, 3.63) is 29.3 Å². The van der Waals surface area contributed by atoms with Crippen LogP contribution in [0.2, 0.25) is 0 Å². The molecule has 1 aromatic carbocycles. The van der Waals surface area contributed by atoms with Crippen LogP contribution in [-0.4, -0.2) is 11.0 Å². The summed E-state index contributed by atoms with van der Waals surface area (Å²) in [6.07, 6.45) is 3.66. The van der Waals surface area contributed by atoms with Gasteiger partial charge in [0, 0.05) is 6.04 Å². The van der Waals surface area contributed by atoms with Crippen molar-refractivity contribution in [2.75, 3.05) is 0 Å². The van der Waals surface area contributed by atoms with Gasteiger partial charge in [-0.15, -0.1) is 11.3 Å². The monoisotopic (exact) mass is 262 g/mol. The van der Waals surface area contributed by atoms with E-state index in [1.165, 1.54) is 29.0 Å². The number of nitrogens with one attached hydrogen (secondary N) is 1. The molecule has 18 heavy (non-hydrogen) atoms. The molecule has 0 fully saturated rings. The lowest BCUT2D eigenvalue weighted by molar-refractivity contribution is 0.416. The Kier molecular flexibility index (Phi) is 4.72. The molecular formula is C15H22N2S. The van der Waals surface area contributed by atoms with Crippen molar-refractivity contribution < 1.29 is 0 Å². The number of thiazole rings is 1. The second kappa shape index (κ2) is 6.30. The summed E-state index contributed by atoms with van der Waals surface area (Å²) in [4.78, 5) is 4.72. The predicted molar refractivity (Wildman–Crippen MR) is 80.2 cm³/mol. The molecule has 2 rings (SSSR count).